The lowest BCUT2D eigenvalue weighted by Gasteiger charge is -2.21. The monoisotopic (exact) mass is 251 g/mol. The number of nitrogens with zero attached hydrogens (tertiary/aromatic N) is 1. The molecule has 1 fully saturated rings. The van der Waals surface area contributed by atoms with E-state index in [0.717, 1.165) is 20.0 Å². The van der Waals surface area contributed by atoms with Crippen molar-refractivity contribution in [2.24, 2.45) is 5.73 Å². The van der Waals surface area contributed by atoms with Gasteiger partial charge in [-0.25, -0.2) is 9.52 Å². The second-order valence-electron chi connectivity index (χ2n) is 3.58. The third-order valence-electron chi connectivity index (χ3n) is 2.24. The Kier molecular flexibility index (Phi) is 4.51. The average molecular weight is 251 g/mol. The van der Waals surface area contributed by atoms with Crippen molar-refractivity contribution in [3.8, 4) is 0 Å². The van der Waals surface area contributed by atoms with Crippen LogP contribution in [-0.2, 0) is 14.9 Å². The van der Waals surface area contributed by atoms with Gasteiger partial charge in [0.1, 0.15) is 0 Å². The summed E-state index contributed by atoms with van der Waals surface area (Å²) in [5, 5.41) is 0. The Balaban J connectivity index is 2.64. The number of hydrogen-bond donors (Lipinski definition) is 2. The van der Waals surface area contributed by atoms with Crippen LogP contribution >= 0.6 is 0 Å². The largest absolute Gasteiger partial charge is 0.452 e. The number of carbonyl (C=O) groups is 1. The molecule has 7 nitrogen and oxygen atoms in total. The van der Waals surface area contributed by atoms with Crippen molar-refractivity contribution in [3.63, 3.8) is 0 Å². The van der Waals surface area contributed by atoms with Crippen molar-refractivity contribution in [1.82, 2.24) is 9.03 Å². The Labute approximate surface area is 95.1 Å². The summed E-state index contributed by atoms with van der Waals surface area (Å²) in [5.74, 6) is 0. The van der Waals surface area contributed by atoms with Crippen LogP contribution in [0, 0.1) is 0 Å². The first-order valence-corrected chi connectivity index (χ1v) is 6.53. The van der Waals surface area contributed by atoms with Crippen molar-refractivity contribution in [1.29, 1.82) is 0 Å². The minimum atomic E-state index is -3.79. The normalized spacial score (nSPS) is 16.2. The van der Waals surface area contributed by atoms with Crippen LogP contribution in [0.1, 0.15) is 19.3 Å². The lowest BCUT2D eigenvalue weighted by atomic mass is 10.4. The minimum Gasteiger partial charge on any atom is -0.452 e. The summed E-state index contributed by atoms with van der Waals surface area (Å²) in [6.07, 6.45) is 1.25. The molecule has 94 valence electrons. The number of methoxy groups -OCH3 is 1. The van der Waals surface area contributed by atoms with Crippen LogP contribution in [-0.4, -0.2) is 45.1 Å². The maximum atomic E-state index is 11.8. The molecule has 0 aromatic carbocycles. The van der Waals surface area contributed by atoms with Gasteiger partial charge >= 0.3 is 16.3 Å². The molecular formula is C8H17N3O4S. The second-order valence-corrected chi connectivity index (χ2v) is 5.21. The average Bonchev–Trinajstić information content (AvgIpc) is 3.01. The highest BCUT2D eigenvalue weighted by Crippen LogP contribution is 2.28. The SMILES string of the molecule is COC(=O)NS(=O)(=O)N(CCCN)C1CC1. The van der Waals surface area contributed by atoms with E-state index < -0.39 is 16.3 Å². The van der Waals surface area contributed by atoms with Crippen molar-refractivity contribution < 1.29 is 17.9 Å². The number of rotatable bonds is 6. The maximum absolute atomic E-state index is 11.8. The van der Waals surface area contributed by atoms with Gasteiger partial charge in [-0.05, 0) is 25.8 Å². The molecule has 16 heavy (non-hydrogen) atoms. The highest BCUT2D eigenvalue weighted by Gasteiger charge is 2.37. The van der Waals surface area contributed by atoms with E-state index in [1.807, 2.05) is 4.72 Å². The van der Waals surface area contributed by atoms with Crippen molar-refractivity contribution in [2.75, 3.05) is 20.2 Å². The number of amides is 1. The van der Waals surface area contributed by atoms with E-state index in [4.69, 9.17) is 5.73 Å². The van der Waals surface area contributed by atoms with E-state index >= 15 is 0 Å². The smallest absolute Gasteiger partial charge is 0.421 e. The fourth-order valence-electron chi connectivity index (χ4n) is 1.31. The summed E-state index contributed by atoms with van der Waals surface area (Å²) < 4.78 is 30.9. The molecule has 0 bridgehead atoms. The molecule has 0 saturated heterocycles. The number of ether oxygens (including phenoxy) is 1. The van der Waals surface area contributed by atoms with E-state index in [-0.39, 0.29) is 6.04 Å². The summed E-state index contributed by atoms with van der Waals surface area (Å²) >= 11 is 0. The van der Waals surface area contributed by atoms with E-state index in [2.05, 4.69) is 4.74 Å². The maximum Gasteiger partial charge on any atom is 0.421 e. The molecule has 0 radical (unpaired) electrons. The molecule has 0 aromatic rings. The lowest BCUT2D eigenvalue weighted by Crippen LogP contribution is -2.45. The van der Waals surface area contributed by atoms with Gasteiger partial charge in [0.05, 0.1) is 7.11 Å². The highest BCUT2D eigenvalue weighted by atomic mass is 32.2. The summed E-state index contributed by atoms with van der Waals surface area (Å²) in [4.78, 5) is 10.9. The zero-order valence-corrected chi connectivity index (χ0v) is 10.00. The van der Waals surface area contributed by atoms with Crippen LogP contribution in [0.15, 0.2) is 0 Å². The fourth-order valence-corrected chi connectivity index (χ4v) is 2.70. The van der Waals surface area contributed by atoms with Crippen LogP contribution < -0.4 is 10.5 Å². The van der Waals surface area contributed by atoms with Crippen LogP contribution in [0.25, 0.3) is 0 Å². The molecule has 3 N–H and O–H groups in total. The van der Waals surface area contributed by atoms with E-state index in [9.17, 15) is 13.2 Å². The number of hydrogen-bond acceptors (Lipinski definition) is 5. The van der Waals surface area contributed by atoms with Crippen molar-refractivity contribution in [3.05, 3.63) is 0 Å². The van der Waals surface area contributed by atoms with Gasteiger partial charge in [-0.15, -0.1) is 0 Å². The number of nitrogens with two attached hydrogens (primary N) is 1. The summed E-state index contributed by atoms with van der Waals surface area (Å²) in [5.41, 5.74) is 5.33. The van der Waals surface area contributed by atoms with Gasteiger partial charge in [-0.2, -0.15) is 12.7 Å². The van der Waals surface area contributed by atoms with Gasteiger partial charge in [0.15, 0.2) is 0 Å². The Morgan fingerprint density at radius 3 is 2.62 bits per heavy atom. The zero-order valence-electron chi connectivity index (χ0n) is 9.18. The van der Waals surface area contributed by atoms with Gasteiger partial charge in [0, 0.05) is 12.6 Å². The molecule has 0 heterocycles. The van der Waals surface area contributed by atoms with Crippen LogP contribution in [0.4, 0.5) is 4.79 Å². The fraction of sp³-hybridized carbons (Fsp3) is 0.875. The predicted octanol–water partition coefficient (Wildman–Crippen LogP) is -0.600. The molecule has 0 atom stereocenters. The molecule has 8 heteroatoms. The third-order valence-corrected chi connectivity index (χ3v) is 3.77. The number of nitrogens with one attached hydrogen (secondary N) is 1. The summed E-state index contributed by atoms with van der Waals surface area (Å²) in [7, 11) is -2.67. The van der Waals surface area contributed by atoms with Gasteiger partial charge in [-0.1, -0.05) is 0 Å². The molecule has 1 aliphatic carbocycles. The lowest BCUT2D eigenvalue weighted by molar-refractivity contribution is 0.177. The first kappa shape index (κ1) is 13.2. The molecule has 1 rings (SSSR count). The molecule has 1 aliphatic rings. The standard InChI is InChI=1S/C8H17N3O4S/c1-15-8(12)10-16(13,14)11(6-2-5-9)7-3-4-7/h7H,2-6,9H2,1H3,(H,10,12). The Hall–Kier alpha value is -0.860. The molecule has 1 saturated carbocycles. The first-order chi connectivity index (χ1) is 7.51. The van der Waals surface area contributed by atoms with E-state index in [1.165, 1.54) is 4.31 Å². The molecule has 1 amide bonds. The van der Waals surface area contributed by atoms with E-state index in [1.54, 1.807) is 0 Å². The molecule has 0 aromatic heterocycles. The molecular weight excluding hydrogens is 234 g/mol. The summed E-state index contributed by atoms with van der Waals surface area (Å²) in [6, 6.07) is -0.00583. The summed E-state index contributed by atoms with van der Waals surface area (Å²) in [6.45, 7) is 0.741. The first-order valence-electron chi connectivity index (χ1n) is 5.09. The topological polar surface area (TPSA) is 102 Å². The Morgan fingerprint density at radius 2 is 2.19 bits per heavy atom. The predicted molar refractivity (Wildman–Crippen MR) is 57.9 cm³/mol. The minimum absolute atomic E-state index is 0.00583. The number of carbonyl (C=O) groups excluding carboxylic acids is 1. The van der Waals surface area contributed by atoms with Gasteiger partial charge in [0.2, 0.25) is 0 Å². The van der Waals surface area contributed by atoms with Gasteiger partial charge < -0.3 is 10.5 Å². The quantitative estimate of drug-likeness (QED) is 0.656. The van der Waals surface area contributed by atoms with Crippen LogP contribution in [0.5, 0.6) is 0 Å². The molecule has 0 aliphatic heterocycles. The van der Waals surface area contributed by atoms with Crippen molar-refractivity contribution >= 4 is 16.3 Å². The van der Waals surface area contributed by atoms with Gasteiger partial charge in [0.25, 0.3) is 0 Å². The molecule has 0 unspecified atom stereocenters. The van der Waals surface area contributed by atoms with Crippen molar-refractivity contribution in [2.45, 2.75) is 25.3 Å². The Morgan fingerprint density at radius 1 is 1.56 bits per heavy atom. The Bertz CT molecular complexity index is 339. The van der Waals surface area contributed by atoms with E-state index in [0.29, 0.717) is 19.5 Å². The second kappa shape index (κ2) is 5.46. The molecule has 0 spiro atoms. The highest BCUT2D eigenvalue weighted by molar-refractivity contribution is 7.87. The third kappa shape index (κ3) is 3.62. The van der Waals surface area contributed by atoms with Crippen LogP contribution in [0.2, 0.25) is 0 Å². The van der Waals surface area contributed by atoms with Gasteiger partial charge in [-0.3, -0.25) is 0 Å². The van der Waals surface area contributed by atoms with Crippen LogP contribution in [0.3, 0.4) is 0 Å². The zero-order chi connectivity index (χ0) is 12.2.